The first-order valence-corrected chi connectivity index (χ1v) is 5.13. The maximum absolute atomic E-state index is 12.7. The van der Waals surface area contributed by atoms with Gasteiger partial charge in [0.25, 0.3) is 6.43 Å². The van der Waals surface area contributed by atoms with E-state index in [4.69, 9.17) is 9.84 Å². The average molecular weight is 244 g/mol. The van der Waals surface area contributed by atoms with Gasteiger partial charge in [-0.1, -0.05) is 6.92 Å². The lowest BCUT2D eigenvalue weighted by Gasteiger charge is -2.13. The van der Waals surface area contributed by atoms with Crippen LogP contribution in [0.1, 0.15) is 24.5 Å². The fourth-order valence-corrected chi connectivity index (χ4v) is 1.52. The second-order valence-electron chi connectivity index (χ2n) is 3.81. The number of carbonyl (C=O) groups is 1. The molecule has 17 heavy (non-hydrogen) atoms. The topological polar surface area (TPSA) is 46.5 Å². The minimum Gasteiger partial charge on any atom is -0.497 e. The van der Waals surface area contributed by atoms with E-state index in [-0.39, 0.29) is 12.0 Å². The van der Waals surface area contributed by atoms with Crippen LogP contribution in [-0.4, -0.2) is 18.2 Å². The van der Waals surface area contributed by atoms with E-state index in [2.05, 4.69) is 0 Å². The molecule has 1 aromatic carbocycles. The third kappa shape index (κ3) is 3.41. The predicted molar refractivity (Wildman–Crippen MR) is 58.5 cm³/mol. The lowest BCUT2D eigenvalue weighted by atomic mass is 9.96. The normalized spacial score (nSPS) is 12.5. The Kier molecular flexibility index (Phi) is 4.43. The molecule has 1 N–H and O–H groups in total. The van der Waals surface area contributed by atoms with Crippen molar-refractivity contribution >= 4 is 5.97 Å². The molecule has 0 aliphatic rings. The summed E-state index contributed by atoms with van der Waals surface area (Å²) in [6.07, 6.45) is -2.55. The summed E-state index contributed by atoms with van der Waals surface area (Å²) in [5, 5.41) is 8.78. The number of carboxylic acid groups (broad SMARTS) is 1. The zero-order valence-electron chi connectivity index (χ0n) is 9.61. The number of hydrogen-bond donors (Lipinski definition) is 1. The highest BCUT2D eigenvalue weighted by atomic mass is 19.3. The molecule has 5 heteroatoms. The Labute approximate surface area is 98.0 Å². The van der Waals surface area contributed by atoms with E-state index in [0.717, 1.165) is 0 Å². The zero-order valence-corrected chi connectivity index (χ0v) is 9.61. The van der Waals surface area contributed by atoms with Crippen molar-refractivity contribution in [1.29, 1.82) is 0 Å². The van der Waals surface area contributed by atoms with Crippen molar-refractivity contribution in [1.82, 2.24) is 0 Å². The van der Waals surface area contributed by atoms with Gasteiger partial charge in [0.2, 0.25) is 0 Å². The number of methoxy groups -OCH3 is 1. The number of benzene rings is 1. The number of halogens is 2. The highest BCUT2D eigenvalue weighted by molar-refractivity contribution is 5.70. The first-order valence-electron chi connectivity index (χ1n) is 5.13. The van der Waals surface area contributed by atoms with E-state index in [1.165, 1.54) is 32.2 Å². The fraction of sp³-hybridized carbons (Fsp3) is 0.417. The Hall–Kier alpha value is -1.65. The molecule has 0 saturated carbocycles. The molecule has 0 saturated heterocycles. The first-order chi connectivity index (χ1) is 7.95. The summed E-state index contributed by atoms with van der Waals surface area (Å²) in [4.78, 5) is 10.7. The van der Waals surface area contributed by atoms with Crippen LogP contribution in [0.2, 0.25) is 0 Å². The predicted octanol–water partition coefficient (Wildman–Crippen LogP) is 2.90. The van der Waals surface area contributed by atoms with E-state index in [0.29, 0.717) is 11.3 Å². The van der Waals surface area contributed by atoms with Gasteiger partial charge in [0.05, 0.1) is 13.0 Å². The largest absolute Gasteiger partial charge is 0.497 e. The van der Waals surface area contributed by atoms with Crippen molar-refractivity contribution in [2.24, 2.45) is 5.92 Å². The van der Waals surface area contributed by atoms with Gasteiger partial charge in [0.15, 0.2) is 0 Å². The Morgan fingerprint density at radius 3 is 2.59 bits per heavy atom. The molecule has 0 spiro atoms. The number of aliphatic carboxylic acids is 1. The van der Waals surface area contributed by atoms with Crippen LogP contribution in [0.3, 0.4) is 0 Å². The van der Waals surface area contributed by atoms with Crippen LogP contribution < -0.4 is 4.74 Å². The molecule has 0 heterocycles. The van der Waals surface area contributed by atoms with Gasteiger partial charge in [-0.2, -0.15) is 0 Å². The van der Waals surface area contributed by atoms with E-state index in [1.54, 1.807) is 0 Å². The number of carboxylic acids is 1. The van der Waals surface area contributed by atoms with Crippen molar-refractivity contribution in [2.45, 2.75) is 19.8 Å². The second kappa shape index (κ2) is 5.61. The van der Waals surface area contributed by atoms with Crippen LogP contribution in [0.15, 0.2) is 18.2 Å². The van der Waals surface area contributed by atoms with Gasteiger partial charge in [-0.05, 0) is 30.2 Å². The van der Waals surface area contributed by atoms with Crippen LogP contribution in [0.4, 0.5) is 8.78 Å². The third-order valence-corrected chi connectivity index (χ3v) is 2.53. The molecular weight excluding hydrogens is 230 g/mol. The van der Waals surface area contributed by atoms with Crippen LogP contribution >= 0.6 is 0 Å². The molecule has 0 aromatic heterocycles. The molecule has 94 valence electrons. The van der Waals surface area contributed by atoms with E-state index in [1.807, 2.05) is 0 Å². The lowest BCUT2D eigenvalue weighted by molar-refractivity contribution is -0.141. The van der Waals surface area contributed by atoms with Gasteiger partial charge in [-0.3, -0.25) is 4.79 Å². The molecule has 3 nitrogen and oxygen atoms in total. The summed E-state index contributed by atoms with van der Waals surface area (Å²) in [6, 6.07) is 4.17. The van der Waals surface area contributed by atoms with E-state index < -0.39 is 18.3 Å². The van der Waals surface area contributed by atoms with E-state index >= 15 is 0 Å². The minimum atomic E-state index is -2.61. The number of alkyl halides is 2. The Balaban J connectivity index is 3.04. The molecule has 1 aromatic rings. The Morgan fingerprint density at radius 1 is 1.47 bits per heavy atom. The smallest absolute Gasteiger partial charge is 0.306 e. The zero-order chi connectivity index (χ0) is 13.0. The quantitative estimate of drug-likeness (QED) is 0.866. The summed E-state index contributed by atoms with van der Waals surface area (Å²) >= 11 is 0. The maximum atomic E-state index is 12.7. The molecule has 0 aliphatic carbocycles. The summed E-state index contributed by atoms with van der Waals surface area (Å²) < 4.78 is 30.4. The van der Waals surface area contributed by atoms with Gasteiger partial charge in [0.1, 0.15) is 5.75 Å². The van der Waals surface area contributed by atoms with Crippen LogP contribution in [0.5, 0.6) is 5.75 Å². The summed E-state index contributed by atoms with van der Waals surface area (Å²) in [5.74, 6) is -1.27. The van der Waals surface area contributed by atoms with Gasteiger partial charge in [0, 0.05) is 5.56 Å². The second-order valence-corrected chi connectivity index (χ2v) is 3.81. The molecule has 1 rings (SSSR count). The van der Waals surface area contributed by atoms with Crippen molar-refractivity contribution < 1.29 is 23.4 Å². The summed E-state index contributed by atoms with van der Waals surface area (Å²) in [6.45, 7) is 1.48. The maximum Gasteiger partial charge on any atom is 0.306 e. The minimum absolute atomic E-state index is 0.0617. The van der Waals surface area contributed by atoms with Crippen LogP contribution in [-0.2, 0) is 11.2 Å². The van der Waals surface area contributed by atoms with Gasteiger partial charge in [-0.25, -0.2) is 8.78 Å². The molecular formula is C12H14F2O3. The Morgan fingerprint density at radius 2 is 2.12 bits per heavy atom. The molecule has 0 fully saturated rings. The third-order valence-electron chi connectivity index (χ3n) is 2.53. The lowest BCUT2D eigenvalue weighted by Crippen LogP contribution is -2.13. The van der Waals surface area contributed by atoms with E-state index in [9.17, 15) is 13.6 Å². The molecule has 1 atom stereocenters. The van der Waals surface area contributed by atoms with Gasteiger partial charge < -0.3 is 9.84 Å². The van der Waals surface area contributed by atoms with Crippen molar-refractivity contribution in [3.63, 3.8) is 0 Å². The molecule has 0 bridgehead atoms. The monoisotopic (exact) mass is 244 g/mol. The van der Waals surface area contributed by atoms with Crippen LogP contribution in [0.25, 0.3) is 0 Å². The first kappa shape index (κ1) is 13.4. The highest BCUT2D eigenvalue weighted by Gasteiger charge is 2.18. The Bertz CT molecular complexity index is 405. The molecule has 0 amide bonds. The molecule has 0 aliphatic heterocycles. The number of ether oxygens (including phenoxy) is 1. The van der Waals surface area contributed by atoms with Crippen molar-refractivity contribution in [3.8, 4) is 5.75 Å². The van der Waals surface area contributed by atoms with Crippen molar-refractivity contribution in [2.75, 3.05) is 7.11 Å². The van der Waals surface area contributed by atoms with Gasteiger partial charge in [-0.15, -0.1) is 0 Å². The summed E-state index contributed by atoms with van der Waals surface area (Å²) in [5.41, 5.74) is 0.174. The van der Waals surface area contributed by atoms with Crippen LogP contribution in [0, 0.1) is 5.92 Å². The standard InChI is InChI=1S/C12H14F2O3/c1-7(12(15)16)5-8-6-9(17-2)3-4-10(8)11(13)14/h3-4,6-7,11H,5H2,1-2H3,(H,15,16). The summed E-state index contributed by atoms with van der Waals surface area (Å²) in [7, 11) is 1.43. The van der Waals surface area contributed by atoms with Gasteiger partial charge >= 0.3 is 5.97 Å². The molecule has 1 unspecified atom stereocenters. The molecule has 0 radical (unpaired) electrons. The number of rotatable bonds is 5. The number of hydrogen-bond acceptors (Lipinski definition) is 2. The SMILES string of the molecule is COc1ccc(C(F)F)c(CC(C)C(=O)O)c1. The fourth-order valence-electron chi connectivity index (χ4n) is 1.52. The van der Waals surface area contributed by atoms with Crippen molar-refractivity contribution in [3.05, 3.63) is 29.3 Å². The average Bonchev–Trinajstić information content (AvgIpc) is 2.28. The highest BCUT2D eigenvalue weighted by Crippen LogP contribution is 2.28.